The van der Waals surface area contributed by atoms with E-state index in [0.717, 1.165) is 43.9 Å². The SMILES string of the molecule is Cc1cc2c(C(C)C)c(O)c(O)c(C=NCCOc3ccc4oc5ccccc5c4c3)c2c(O)c1-c1c(C)cc2c(C(C)C)c(O)c(O)c(C=NCCOc3ccc4oc5ccccc5c4c3)c2c1O. The van der Waals surface area contributed by atoms with Gasteiger partial charge >= 0.3 is 0 Å². The maximum atomic E-state index is 12.6. The van der Waals surface area contributed by atoms with Gasteiger partial charge in [0.15, 0.2) is 23.0 Å². The molecule has 8 aromatic carbocycles. The normalized spacial score (nSPS) is 12.3. The van der Waals surface area contributed by atoms with Crippen molar-refractivity contribution < 1.29 is 48.9 Å². The molecule has 0 radical (unpaired) electrons. The second-order valence-electron chi connectivity index (χ2n) is 18.3. The summed E-state index contributed by atoms with van der Waals surface area (Å²) in [7, 11) is 0. The van der Waals surface area contributed by atoms with Crippen LogP contribution in [-0.4, -0.2) is 69.4 Å². The molecular formula is C58H52N2O10. The van der Waals surface area contributed by atoms with Crippen molar-refractivity contribution in [3.8, 4) is 57.1 Å². The Balaban J connectivity index is 1.01. The van der Waals surface area contributed by atoms with E-state index in [4.69, 9.17) is 18.3 Å². The molecule has 0 unspecified atom stereocenters. The highest BCUT2D eigenvalue weighted by atomic mass is 16.5. The first-order chi connectivity index (χ1) is 33.7. The average molecular weight is 937 g/mol. The second kappa shape index (κ2) is 17.9. The summed E-state index contributed by atoms with van der Waals surface area (Å²) in [6, 6.07) is 30.5. The van der Waals surface area contributed by atoms with Crippen molar-refractivity contribution >= 4 is 77.9 Å². The highest BCUT2D eigenvalue weighted by molar-refractivity contribution is 6.15. The number of phenolic OH excluding ortho intramolecular Hbond substituents is 6. The maximum absolute atomic E-state index is 12.6. The van der Waals surface area contributed by atoms with Gasteiger partial charge in [-0.1, -0.05) is 76.2 Å². The number of aryl methyl sites for hydroxylation is 2. The Hall–Kier alpha value is -8.38. The number of benzene rings is 8. The number of phenols is 6. The van der Waals surface area contributed by atoms with Gasteiger partial charge in [0.1, 0.15) is 58.5 Å². The molecule has 0 aliphatic carbocycles. The summed E-state index contributed by atoms with van der Waals surface area (Å²) in [4.78, 5) is 9.17. The Bertz CT molecular complexity index is 3540. The van der Waals surface area contributed by atoms with Crippen molar-refractivity contribution in [3.63, 3.8) is 0 Å². The Kier molecular flexibility index (Phi) is 11.6. The van der Waals surface area contributed by atoms with Crippen LogP contribution >= 0.6 is 0 Å². The third kappa shape index (κ3) is 7.65. The quantitative estimate of drug-likeness (QED) is 0.0368. The van der Waals surface area contributed by atoms with Gasteiger partial charge in [-0.2, -0.15) is 0 Å². The molecule has 6 N–H and O–H groups in total. The predicted molar refractivity (Wildman–Crippen MR) is 278 cm³/mol. The van der Waals surface area contributed by atoms with Gasteiger partial charge in [0.2, 0.25) is 0 Å². The van der Waals surface area contributed by atoms with Gasteiger partial charge in [0.05, 0.1) is 13.1 Å². The van der Waals surface area contributed by atoms with Gasteiger partial charge in [-0.15, -0.1) is 0 Å². The standard InChI is InChI=1S/C58H52N2O10/c1-29(2)47-39-23-31(5)49(55(63)51(39)41(53(61)57(47)65)27-59-19-21-67-33-15-17-45-37(25-33)35-11-7-9-13-43(35)69-45)50-32(6)24-40-48(30(3)4)58(66)54(62)42(52(40)56(50)64)28-60-20-22-68-34-16-18-46-38(26-34)36-12-8-10-14-44(36)70-46/h7-18,23-30,61-66H,19-22H2,1-6H3. The Morgan fingerprint density at radius 2 is 0.843 bits per heavy atom. The van der Waals surface area contributed by atoms with Crippen molar-refractivity contribution in [1.29, 1.82) is 0 Å². The summed E-state index contributed by atoms with van der Waals surface area (Å²) < 4.78 is 24.0. The van der Waals surface area contributed by atoms with E-state index in [2.05, 4.69) is 9.98 Å². The lowest BCUT2D eigenvalue weighted by molar-refractivity contribution is 0.329. The first-order valence-corrected chi connectivity index (χ1v) is 23.3. The van der Waals surface area contributed by atoms with Crippen LogP contribution in [0.5, 0.6) is 46.0 Å². The fourth-order valence-corrected chi connectivity index (χ4v) is 9.96. The van der Waals surface area contributed by atoms with Crippen molar-refractivity contribution in [1.82, 2.24) is 0 Å². The molecule has 0 aliphatic heterocycles. The molecule has 0 bridgehead atoms. The van der Waals surface area contributed by atoms with Crippen molar-refractivity contribution in [2.24, 2.45) is 9.98 Å². The van der Waals surface area contributed by atoms with Gasteiger partial charge in [-0.05, 0) is 96.1 Å². The van der Waals surface area contributed by atoms with E-state index in [1.54, 1.807) is 13.8 Å². The van der Waals surface area contributed by atoms with E-state index < -0.39 is 11.5 Å². The molecule has 12 heteroatoms. The van der Waals surface area contributed by atoms with Gasteiger partial charge in [-0.3, -0.25) is 9.98 Å². The molecule has 10 aromatic rings. The van der Waals surface area contributed by atoms with Crippen molar-refractivity contribution in [2.75, 3.05) is 26.3 Å². The number of hydrogen-bond acceptors (Lipinski definition) is 12. The largest absolute Gasteiger partial charge is 0.507 e. The van der Waals surface area contributed by atoms with Gasteiger partial charge in [0, 0.05) is 78.1 Å². The third-order valence-corrected chi connectivity index (χ3v) is 13.1. The van der Waals surface area contributed by atoms with Crippen LogP contribution in [0.25, 0.3) is 76.5 Å². The lowest BCUT2D eigenvalue weighted by atomic mass is 9.83. The monoisotopic (exact) mass is 936 g/mol. The van der Waals surface area contributed by atoms with E-state index in [9.17, 15) is 30.6 Å². The molecule has 2 aromatic heterocycles. The maximum Gasteiger partial charge on any atom is 0.167 e. The second-order valence-corrected chi connectivity index (χ2v) is 18.3. The fourth-order valence-electron chi connectivity index (χ4n) is 9.96. The average Bonchev–Trinajstić information content (AvgIpc) is 3.90. The molecule has 10 rings (SSSR count). The number of aromatic hydroxyl groups is 6. The van der Waals surface area contributed by atoms with Crippen LogP contribution in [0.15, 0.2) is 116 Å². The fraction of sp³-hybridized carbons (Fsp3) is 0.207. The number of ether oxygens (including phenoxy) is 2. The van der Waals surface area contributed by atoms with Crippen LogP contribution in [-0.2, 0) is 0 Å². The number of furan rings is 2. The topological polar surface area (TPSA) is 191 Å². The summed E-state index contributed by atoms with van der Waals surface area (Å²) in [6.45, 7) is 11.8. The van der Waals surface area contributed by atoms with E-state index >= 15 is 0 Å². The van der Waals surface area contributed by atoms with Crippen LogP contribution in [0.1, 0.15) is 72.9 Å². The first kappa shape index (κ1) is 45.4. The van der Waals surface area contributed by atoms with E-state index in [-0.39, 0.29) is 94.2 Å². The molecule has 0 saturated carbocycles. The molecular weight excluding hydrogens is 885 g/mol. The van der Waals surface area contributed by atoms with Crippen molar-refractivity contribution in [3.05, 3.63) is 130 Å². The van der Waals surface area contributed by atoms with Crippen LogP contribution in [0.3, 0.4) is 0 Å². The minimum absolute atomic E-state index is 0.0811. The zero-order valence-corrected chi connectivity index (χ0v) is 39.6. The smallest absolute Gasteiger partial charge is 0.167 e. The highest BCUT2D eigenvalue weighted by Crippen LogP contribution is 2.54. The molecule has 0 spiro atoms. The zero-order valence-electron chi connectivity index (χ0n) is 39.6. The summed E-state index contributed by atoms with van der Waals surface area (Å²) in [5.41, 5.74) is 5.75. The lowest BCUT2D eigenvalue weighted by Crippen LogP contribution is -2.03. The highest BCUT2D eigenvalue weighted by Gasteiger charge is 2.30. The zero-order chi connectivity index (χ0) is 49.1. The van der Waals surface area contributed by atoms with Crippen LogP contribution in [0, 0.1) is 13.8 Å². The lowest BCUT2D eigenvalue weighted by Gasteiger charge is -2.23. The third-order valence-electron chi connectivity index (χ3n) is 13.1. The molecule has 0 amide bonds. The number of rotatable bonds is 13. The molecule has 2 heterocycles. The Morgan fingerprint density at radius 1 is 0.457 bits per heavy atom. The van der Waals surface area contributed by atoms with E-state index in [0.29, 0.717) is 44.5 Å². The summed E-state index contributed by atoms with van der Waals surface area (Å²) in [6.07, 6.45) is 2.82. The van der Waals surface area contributed by atoms with E-state index in [1.807, 2.05) is 125 Å². The first-order valence-electron chi connectivity index (χ1n) is 23.3. The number of para-hydroxylation sites is 2. The Morgan fingerprint density at radius 3 is 1.24 bits per heavy atom. The molecule has 0 aliphatic rings. The van der Waals surface area contributed by atoms with Gasteiger partial charge in [0.25, 0.3) is 0 Å². The number of aliphatic imine (C=N–C) groups is 2. The summed E-state index contributed by atoms with van der Waals surface area (Å²) >= 11 is 0. The predicted octanol–water partition coefficient (Wildman–Crippen LogP) is 13.6. The number of fused-ring (bicyclic) bond motifs is 8. The molecule has 12 nitrogen and oxygen atoms in total. The van der Waals surface area contributed by atoms with Gasteiger partial charge in [-0.25, -0.2) is 0 Å². The molecule has 354 valence electrons. The van der Waals surface area contributed by atoms with Crippen LogP contribution in [0.2, 0.25) is 0 Å². The summed E-state index contributed by atoms with van der Waals surface area (Å²) in [5, 5.41) is 76.6. The molecule has 0 atom stereocenters. The number of nitrogens with zero attached hydrogens (tertiary/aromatic N) is 2. The van der Waals surface area contributed by atoms with Crippen LogP contribution in [0.4, 0.5) is 0 Å². The molecule has 0 saturated heterocycles. The number of hydrogen-bond donors (Lipinski definition) is 6. The van der Waals surface area contributed by atoms with Crippen LogP contribution < -0.4 is 9.47 Å². The Labute approximate surface area is 402 Å². The minimum atomic E-state index is -0.456. The van der Waals surface area contributed by atoms with Gasteiger partial charge < -0.3 is 48.9 Å². The summed E-state index contributed by atoms with van der Waals surface area (Å²) in [5.74, 6) is -1.35. The molecule has 70 heavy (non-hydrogen) atoms. The minimum Gasteiger partial charge on any atom is -0.507 e. The van der Waals surface area contributed by atoms with E-state index in [1.165, 1.54) is 12.4 Å². The molecule has 0 fully saturated rings. The van der Waals surface area contributed by atoms with Crippen molar-refractivity contribution in [2.45, 2.75) is 53.4 Å².